The number of carbonyl (C=O) groups excluding carboxylic acids is 2. The van der Waals surface area contributed by atoms with Crippen LogP contribution in [0.4, 0.5) is 5.69 Å². The van der Waals surface area contributed by atoms with Gasteiger partial charge in [0.05, 0.1) is 5.92 Å². The molecule has 1 aliphatic rings. The molecule has 0 aromatic heterocycles. The maximum Gasteiger partial charge on any atom is 0.227 e. The van der Waals surface area contributed by atoms with Crippen molar-refractivity contribution >= 4 is 29.9 Å². The number of hydrogen-bond acceptors (Lipinski definition) is 3. The van der Waals surface area contributed by atoms with Gasteiger partial charge in [-0.1, -0.05) is 55.5 Å². The molecule has 0 radical (unpaired) electrons. The highest BCUT2D eigenvalue weighted by molar-refractivity contribution is 5.92. The number of benzene rings is 2. The summed E-state index contributed by atoms with van der Waals surface area (Å²) in [6.07, 6.45) is 1.36. The zero-order chi connectivity index (χ0) is 19.2. The second-order valence-electron chi connectivity index (χ2n) is 7.18. The number of nitrogens with zero attached hydrogens (tertiary/aromatic N) is 1. The lowest BCUT2D eigenvalue weighted by molar-refractivity contribution is -0.138. The molecule has 2 amide bonds. The Morgan fingerprint density at radius 1 is 1.00 bits per heavy atom. The Balaban J connectivity index is 0.00000280. The SMILES string of the molecule is CC(C(=O)N1CCC(C(=O)Nc2ccccc2)CC1)C(N)c1ccccc1.Cl. The summed E-state index contributed by atoms with van der Waals surface area (Å²) >= 11 is 0. The fraction of sp³-hybridized carbons (Fsp3) is 0.364. The van der Waals surface area contributed by atoms with Crippen LogP contribution in [0, 0.1) is 11.8 Å². The zero-order valence-electron chi connectivity index (χ0n) is 16.1. The van der Waals surface area contributed by atoms with Gasteiger partial charge in [0.15, 0.2) is 0 Å². The van der Waals surface area contributed by atoms with Gasteiger partial charge in [-0.3, -0.25) is 9.59 Å². The summed E-state index contributed by atoms with van der Waals surface area (Å²) in [6.45, 7) is 3.07. The number of nitrogens with one attached hydrogen (secondary N) is 1. The summed E-state index contributed by atoms with van der Waals surface area (Å²) in [7, 11) is 0. The van der Waals surface area contributed by atoms with Crippen LogP contribution in [0.15, 0.2) is 60.7 Å². The second kappa shape index (κ2) is 10.2. The van der Waals surface area contributed by atoms with Crippen LogP contribution in [0.25, 0.3) is 0 Å². The molecule has 28 heavy (non-hydrogen) atoms. The van der Waals surface area contributed by atoms with Crippen molar-refractivity contribution in [2.45, 2.75) is 25.8 Å². The summed E-state index contributed by atoms with van der Waals surface area (Å²) in [5, 5.41) is 2.96. The third-order valence-electron chi connectivity index (χ3n) is 5.33. The van der Waals surface area contributed by atoms with Crippen molar-refractivity contribution in [2.24, 2.45) is 17.6 Å². The average Bonchev–Trinajstić information content (AvgIpc) is 2.73. The standard InChI is InChI=1S/C22H27N3O2.ClH/c1-16(20(23)17-8-4-2-5-9-17)22(27)25-14-12-18(13-15-25)21(26)24-19-10-6-3-7-11-19;/h2-11,16,18,20H,12-15,23H2,1H3,(H,24,26);1H. The fourth-order valence-electron chi connectivity index (χ4n) is 3.53. The van der Waals surface area contributed by atoms with Crippen molar-refractivity contribution in [1.82, 2.24) is 4.90 Å². The Morgan fingerprint density at radius 3 is 2.11 bits per heavy atom. The van der Waals surface area contributed by atoms with Gasteiger partial charge in [-0.05, 0) is 30.5 Å². The highest BCUT2D eigenvalue weighted by Gasteiger charge is 2.31. The molecule has 1 saturated heterocycles. The van der Waals surface area contributed by atoms with E-state index in [4.69, 9.17) is 5.73 Å². The van der Waals surface area contributed by atoms with Gasteiger partial charge in [0, 0.05) is 30.7 Å². The second-order valence-corrected chi connectivity index (χ2v) is 7.18. The maximum absolute atomic E-state index is 12.8. The quantitative estimate of drug-likeness (QED) is 0.803. The van der Waals surface area contributed by atoms with Crippen molar-refractivity contribution in [3.63, 3.8) is 0 Å². The number of nitrogens with two attached hydrogens (primary N) is 1. The van der Waals surface area contributed by atoms with Gasteiger partial charge in [0.1, 0.15) is 0 Å². The molecule has 2 aromatic rings. The molecule has 5 nitrogen and oxygen atoms in total. The van der Waals surface area contributed by atoms with E-state index in [1.54, 1.807) is 0 Å². The Hall–Kier alpha value is -2.37. The van der Waals surface area contributed by atoms with Crippen molar-refractivity contribution < 1.29 is 9.59 Å². The molecule has 0 spiro atoms. The summed E-state index contributed by atoms with van der Waals surface area (Å²) in [4.78, 5) is 27.1. The lowest BCUT2D eigenvalue weighted by Gasteiger charge is -2.34. The minimum atomic E-state index is -0.321. The Morgan fingerprint density at radius 2 is 1.54 bits per heavy atom. The average molecular weight is 402 g/mol. The van der Waals surface area contributed by atoms with Crippen LogP contribution >= 0.6 is 12.4 Å². The lowest BCUT2D eigenvalue weighted by atomic mass is 9.91. The number of likely N-dealkylation sites (tertiary alicyclic amines) is 1. The Kier molecular flexibility index (Phi) is 8.03. The molecule has 1 fully saturated rings. The van der Waals surface area contributed by atoms with Gasteiger partial charge in [-0.15, -0.1) is 12.4 Å². The molecule has 150 valence electrons. The number of hydrogen-bond donors (Lipinski definition) is 2. The monoisotopic (exact) mass is 401 g/mol. The van der Waals surface area contributed by atoms with Gasteiger partial charge in [-0.2, -0.15) is 0 Å². The number of carbonyl (C=O) groups is 2. The topological polar surface area (TPSA) is 75.4 Å². The van der Waals surface area contributed by atoms with E-state index >= 15 is 0 Å². The Labute approximate surface area is 172 Å². The highest BCUT2D eigenvalue weighted by atomic mass is 35.5. The molecular formula is C22H28ClN3O2. The first-order chi connectivity index (χ1) is 13.1. The van der Waals surface area contributed by atoms with Gasteiger partial charge in [0.2, 0.25) is 11.8 Å². The van der Waals surface area contributed by atoms with Crippen molar-refractivity contribution in [2.75, 3.05) is 18.4 Å². The van der Waals surface area contributed by atoms with E-state index in [0.717, 1.165) is 11.3 Å². The predicted molar refractivity (Wildman–Crippen MR) is 114 cm³/mol. The number of amides is 2. The van der Waals surface area contributed by atoms with Gasteiger partial charge >= 0.3 is 0 Å². The summed E-state index contributed by atoms with van der Waals surface area (Å²) < 4.78 is 0. The van der Waals surface area contributed by atoms with E-state index in [9.17, 15) is 9.59 Å². The molecule has 2 aromatic carbocycles. The molecule has 2 atom stereocenters. The van der Waals surface area contributed by atoms with Crippen LogP contribution < -0.4 is 11.1 Å². The molecule has 3 N–H and O–H groups in total. The molecule has 0 saturated carbocycles. The lowest BCUT2D eigenvalue weighted by Crippen LogP contribution is -2.45. The first-order valence-electron chi connectivity index (χ1n) is 9.51. The predicted octanol–water partition coefficient (Wildman–Crippen LogP) is 3.62. The number of anilines is 1. The first kappa shape index (κ1) is 21.9. The molecule has 1 heterocycles. The van der Waals surface area contributed by atoms with E-state index in [2.05, 4.69) is 5.32 Å². The number of halogens is 1. The van der Waals surface area contributed by atoms with E-state index in [0.29, 0.717) is 25.9 Å². The highest BCUT2D eigenvalue weighted by Crippen LogP contribution is 2.25. The van der Waals surface area contributed by atoms with Crippen LogP contribution in [-0.4, -0.2) is 29.8 Å². The summed E-state index contributed by atoms with van der Waals surface area (Å²) in [5.41, 5.74) is 8.07. The molecule has 6 heteroatoms. The van der Waals surface area contributed by atoms with Crippen LogP contribution in [0.5, 0.6) is 0 Å². The number of piperidine rings is 1. The summed E-state index contributed by atoms with van der Waals surface area (Å²) in [5.74, 6) is -0.259. The fourth-order valence-corrected chi connectivity index (χ4v) is 3.53. The third-order valence-corrected chi connectivity index (χ3v) is 5.33. The van der Waals surface area contributed by atoms with Gasteiger partial charge < -0.3 is 16.0 Å². The molecule has 1 aliphatic heterocycles. The van der Waals surface area contributed by atoms with Crippen LogP contribution in [0.2, 0.25) is 0 Å². The van der Waals surface area contributed by atoms with Crippen molar-refractivity contribution in [3.05, 3.63) is 66.2 Å². The number of para-hydroxylation sites is 1. The maximum atomic E-state index is 12.8. The van der Waals surface area contributed by atoms with E-state index in [1.807, 2.05) is 72.5 Å². The normalized spacial score (nSPS) is 16.6. The minimum absolute atomic E-state index is 0. The van der Waals surface area contributed by atoms with Crippen LogP contribution in [0.1, 0.15) is 31.4 Å². The largest absolute Gasteiger partial charge is 0.342 e. The van der Waals surface area contributed by atoms with Crippen LogP contribution in [0.3, 0.4) is 0 Å². The number of rotatable bonds is 5. The molecule has 2 unspecified atom stereocenters. The van der Waals surface area contributed by atoms with Gasteiger partial charge in [0.25, 0.3) is 0 Å². The van der Waals surface area contributed by atoms with E-state index in [-0.39, 0.29) is 42.1 Å². The minimum Gasteiger partial charge on any atom is -0.342 e. The van der Waals surface area contributed by atoms with Crippen molar-refractivity contribution in [3.8, 4) is 0 Å². The van der Waals surface area contributed by atoms with Crippen LogP contribution in [-0.2, 0) is 9.59 Å². The van der Waals surface area contributed by atoms with E-state index < -0.39 is 0 Å². The Bertz CT molecular complexity index is 762. The van der Waals surface area contributed by atoms with Gasteiger partial charge in [-0.25, -0.2) is 0 Å². The molecule has 3 rings (SSSR count). The zero-order valence-corrected chi connectivity index (χ0v) is 16.9. The third kappa shape index (κ3) is 5.33. The van der Waals surface area contributed by atoms with Crippen molar-refractivity contribution in [1.29, 1.82) is 0 Å². The molecule has 0 bridgehead atoms. The molecular weight excluding hydrogens is 374 g/mol. The smallest absolute Gasteiger partial charge is 0.227 e. The summed E-state index contributed by atoms with van der Waals surface area (Å²) in [6, 6.07) is 18.9. The molecule has 0 aliphatic carbocycles. The first-order valence-corrected chi connectivity index (χ1v) is 9.51. The van der Waals surface area contributed by atoms with E-state index in [1.165, 1.54) is 0 Å².